The fourth-order valence-electron chi connectivity index (χ4n) is 4.21. The van der Waals surface area contributed by atoms with Crippen LogP contribution in [0.1, 0.15) is 60.3 Å². The van der Waals surface area contributed by atoms with Crippen LogP contribution in [-0.4, -0.2) is 51.0 Å². The molecule has 1 aliphatic heterocycles. The van der Waals surface area contributed by atoms with E-state index in [0.29, 0.717) is 47.1 Å². The molecule has 0 bridgehead atoms. The smallest absolute Gasteiger partial charge is 0.273 e. The number of H-pyrrole nitrogens is 1. The number of benzene rings is 2. The number of nitrogens with zero attached hydrogens (tertiary/aromatic N) is 2. The van der Waals surface area contributed by atoms with Crippen LogP contribution in [0.2, 0.25) is 5.02 Å². The van der Waals surface area contributed by atoms with E-state index in [1.807, 2.05) is 24.3 Å². The van der Waals surface area contributed by atoms with Crippen LogP contribution in [0, 0.1) is 0 Å². The lowest BCUT2D eigenvalue weighted by molar-refractivity contribution is 0.0732. The van der Waals surface area contributed by atoms with Crippen LogP contribution in [0.5, 0.6) is 11.5 Å². The number of aliphatic hydroxyl groups excluding tert-OH is 1. The first kappa shape index (κ1) is 23.1. The molecule has 0 radical (unpaired) electrons. The number of aliphatic hydroxyl groups is 1. The highest BCUT2D eigenvalue weighted by Crippen LogP contribution is 2.45. The average Bonchev–Trinajstić information content (AvgIpc) is 3.36. The van der Waals surface area contributed by atoms with Gasteiger partial charge in [-0.2, -0.15) is 5.10 Å². The molecule has 2 aromatic carbocycles. The third kappa shape index (κ3) is 4.70. The van der Waals surface area contributed by atoms with Crippen molar-refractivity contribution in [1.29, 1.82) is 0 Å². The van der Waals surface area contributed by atoms with Crippen molar-refractivity contribution in [3.05, 3.63) is 64.3 Å². The van der Waals surface area contributed by atoms with E-state index in [2.05, 4.69) is 17.1 Å². The summed E-state index contributed by atoms with van der Waals surface area (Å²) < 4.78 is 5.84. The Kier molecular flexibility index (Phi) is 7.20. The zero-order valence-electron chi connectivity index (χ0n) is 18.6. The van der Waals surface area contributed by atoms with Crippen LogP contribution in [-0.2, 0) is 0 Å². The van der Waals surface area contributed by atoms with Crippen molar-refractivity contribution in [2.45, 2.75) is 38.6 Å². The van der Waals surface area contributed by atoms with Gasteiger partial charge in [0.05, 0.1) is 12.6 Å². The number of amides is 1. The standard InChI is InChI=1S/C25H28ClN3O4/c1-2-3-4-14-33-18-9-6-16(7-10-18)24-21-22(19-15-17(26)8-11-20(19)31)27-28-23(21)25(32)29(24)12-5-13-30/h6-11,15,24,30-31H,2-5,12-14H2,1H3,(H,27,28). The van der Waals surface area contributed by atoms with Crippen molar-refractivity contribution < 1.29 is 19.7 Å². The molecule has 1 amide bonds. The number of unbranched alkanes of at least 4 members (excludes halogenated alkanes) is 2. The van der Waals surface area contributed by atoms with Gasteiger partial charge < -0.3 is 19.8 Å². The number of phenolic OH excluding ortho intramolecular Hbond substituents is 1. The van der Waals surface area contributed by atoms with E-state index >= 15 is 0 Å². The van der Waals surface area contributed by atoms with Crippen molar-refractivity contribution in [3.63, 3.8) is 0 Å². The number of halogens is 1. The minimum absolute atomic E-state index is 0.0187. The van der Waals surface area contributed by atoms with E-state index in [0.717, 1.165) is 30.6 Å². The predicted molar refractivity (Wildman–Crippen MR) is 127 cm³/mol. The number of aromatic amines is 1. The molecule has 0 aliphatic carbocycles. The Morgan fingerprint density at radius 1 is 1.15 bits per heavy atom. The van der Waals surface area contributed by atoms with E-state index in [1.165, 1.54) is 6.07 Å². The number of hydrogen-bond acceptors (Lipinski definition) is 5. The Morgan fingerprint density at radius 3 is 2.67 bits per heavy atom. The van der Waals surface area contributed by atoms with Crippen LogP contribution < -0.4 is 4.74 Å². The normalized spacial score (nSPS) is 15.2. The zero-order chi connectivity index (χ0) is 23.4. The molecule has 4 rings (SSSR count). The molecule has 1 atom stereocenters. The van der Waals surface area contributed by atoms with Crippen molar-refractivity contribution in [2.24, 2.45) is 0 Å². The lowest BCUT2D eigenvalue weighted by Gasteiger charge is -2.26. The number of nitrogens with one attached hydrogen (secondary N) is 1. The summed E-state index contributed by atoms with van der Waals surface area (Å²) >= 11 is 6.17. The molecule has 2 heterocycles. The van der Waals surface area contributed by atoms with E-state index < -0.39 is 6.04 Å². The molecule has 33 heavy (non-hydrogen) atoms. The van der Waals surface area contributed by atoms with Gasteiger partial charge in [0.15, 0.2) is 0 Å². The quantitative estimate of drug-likeness (QED) is 0.365. The van der Waals surface area contributed by atoms with Crippen molar-refractivity contribution in [3.8, 4) is 22.8 Å². The fourth-order valence-corrected chi connectivity index (χ4v) is 4.38. The Labute approximate surface area is 198 Å². The molecular formula is C25H28ClN3O4. The average molecular weight is 470 g/mol. The van der Waals surface area contributed by atoms with E-state index in [4.69, 9.17) is 16.3 Å². The monoisotopic (exact) mass is 469 g/mol. The minimum atomic E-state index is -0.416. The topological polar surface area (TPSA) is 98.7 Å². The minimum Gasteiger partial charge on any atom is -0.507 e. The van der Waals surface area contributed by atoms with E-state index in [1.54, 1.807) is 17.0 Å². The second kappa shape index (κ2) is 10.3. The maximum atomic E-state index is 13.2. The number of phenols is 1. The van der Waals surface area contributed by atoms with Gasteiger partial charge in [-0.25, -0.2) is 0 Å². The number of fused-ring (bicyclic) bond motifs is 1. The first-order chi connectivity index (χ1) is 16.0. The molecule has 1 unspecified atom stereocenters. The van der Waals surface area contributed by atoms with E-state index in [-0.39, 0.29) is 18.3 Å². The molecule has 0 spiro atoms. The van der Waals surface area contributed by atoms with E-state index in [9.17, 15) is 15.0 Å². The van der Waals surface area contributed by atoms with Crippen LogP contribution >= 0.6 is 11.6 Å². The van der Waals surface area contributed by atoms with Crippen LogP contribution in [0.15, 0.2) is 42.5 Å². The second-order valence-corrected chi connectivity index (χ2v) is 8.56. The summed E-state index contributed by atoms with van der Waals surface area (Å²) in [5.41, 5.74) is 2.90. The lowest BCUT2D eigenvalue weighted by atomic mass is 9.95. The first-order valence-electron chi connectivity index (χ1n) is 11.3. The van der Waals surface area contributed by atoms with Gasteiger partial charge in [-0.15, -0.1) is 0 Å². The Morgan fingerprint density at radius 2 is 1.94 bits per heavy atom. The van der Waals surface area contributed by atoms with Crippen molar-refractivity contribution in [2.75, 3.05) is 19.8 Å². The van der Waals surface area contributed by atoms with Gasteiger partial charge >= 0.3 is 0 Å². The summed E-state index contributed by atoms with van der Waals surface area (Å²) in [5, 5.41) is 27.5. The van der Waals surface area contributed by atoms with Crippen molar-refractivity contribution >= 4 is 17.5 Å². The molecule has 3 aromatic rings. The third-order valence-corrected chi connectivity index (χ3v) is 6.08. The Balaban J connectivity index is 1.71. The molecule has 0 fully saturated rings. The van der Waals surface area contributed by atoms with Gasteiger partial charge in [-0.05, 0) is 48.7 Å². The van der Waals surface area contributed by atoms with Gasteiger partial charge in [0, 0.05) is 29.3 Å². The number of aromatic nitrogens is 2. The summed E-state index contributed by atoms with van der Waals surface area (Å²) in [6, 6.07) is 12.0. The second-order valence-electron chi connectivity index (χ2n) is 8.13. The SMILES string of the molecule is CCCCCOc1ccc(C2c3c(-c4cc(Cl)ccc4O)n[nH]c3C(=O)N2CCCO)cc1. The van der Waals surface area contributed by atoms with Gasteiger partial charge in [0.2, 0.25) is 0 Å². The highest BCUT2D eigenvalue weighted by atomic mass is 35.5. The summed E-state index contributed by atoms with van der Waals surface area (Å²) in [6.45, 7) is 3.19. The number of ether oxygens (including phenoxy) is 1. The maximum absolute atomic E-state index is 13.2. The number of hydrogen-bond donors (Lipinski definition) is 3. The molecular weight excluding hydrogens is 442 g/mol. The van der Waals surface area contributed by atoms with Gasteiger partial charge in [0.25, 0.3) is 5.91 Å². The molecule has 0 saturated heterocycles. The Bertz CT molecular complexity index is 1110. The summed E-state index contributed by atoms with van der Waals surface area (Å²) in [6.07, 6.45) is 3.73. The highest BCUT2D eigenvalue weighted by Gasteiger charge is 2.42. The summed E-state index contributed by atoms with van der Waals surface area (Å²) in [4.78, 5) is 14.9. The molecule has 1 aliphatic rings. The van der Waals surface area contributed by atoms with Gasteiger partial charge in [0.1, 0.15) is 22.9 Å². The molecule has 174 valence electrons. The molecule has 8 heteroatoms. The van der Waals surface area contributed by atoms with Crippen LogP contribution in [0.3, 0.4) is 0 Å². The largest absolute Gasteiger partial charge is 0.507 e. The van der Waals surface area contributed by atoms with Gasteiger partial charge in [-0.3, -0.25) is 9.89 Å². The number of aromatic hydroxyl groups is 1. The number of carbonyl (C=O) groups excluding carboxylic acids is 1. The number of carbonyl (C=O) groups is 1. The summed E-state index contributed by atoms with van der Waals surface area (Å²) in [5.74, 6) is 0.620. The third-order valence-electron chi connectivity index (χ3n) is 5.85. The predicted octanol–water partition coefficient (Wildman–Crippen LogP) is 4.93. The molecule has 1 aromatic heterocycles. The fraction of sp³-hybridized carbons (Fsp3) is 0.360. The maximum Gasteiger partial charge on any atom is 0.273 e. The van der Waals surface area contributed by atoms with Gasteiger partial charge in [-0.1, -0.05) is 43.5 Å². The first-order valence-corrected chi connectivity index (χ1v) is 11.6. The lowest BCUT2D eigenvalue weighted by Crippen LogP contribution is -2.31. The molecule has 7 nitrogen and oxygen atoms in total. The van der Waals surface area contributed by atoms with Crippen LogP contribution in [0.4, 0.5) is 0 Å². The molecule has 3 N–H and O–H groups in total. The van der Waals surface area contributed by atoms with Crippen LogP contribution in [0.25, 0.3) is 11.3 Å². The molecule has 0 saturated carbocycles. The van der Waals surface area contributed by atoms with Crippen molar-refractivity contribution in [1.82, 2.24) is 15.1 Å². The summed E-state index contributed by atoms with van der Waals surface area (Å²) in [7, 11) is 0. The Hall–Kier alpha value is -3.03. The zero-order valence-corrected chi connectivity index (χ0v) is 19.3. The number of rotatable bonds is 10. The highest BCUT2D eigenvalue weighted by molar-refractivity contribution is 6.31.